The van der Waals surface area contributed by atoms with Crippen LogP contribution < -0.4 is 14.2 Å². The zero-order valence-electron chi connectivity index (χ0n) is 25.6. The van der Waals surface area contributed by atoms with Gasteiger partial charge in [0.05, 0.1) is 32.8 Å². The molecule has 5 rings (SSSR count). The Morgan fingerprint density at radius 1 is 0.976 bits per heavy atom. The van der Waals surface area contributed by atoms with Crippen molar-refractivity contribution in [1.82, 2.24) is 4.90 Å². The molecule has 0 spiro atoms. The molecular formula is C35H45FN2O4. The number of likely N-dealkylation sites (tertiary alicyclic amines) is 1. The number of furan rings is 1. The van der Waals surface area contributed by atoms with Crippen molar-refractivity contribution in [3.8, 4) is 23.3 Å². The number of hydrogen-bond donors (Lipinski definition) is 0. The average Bonchev–Trinajstić information content (AvgIpc) is 3.40. The van der Waals surface area contributed by atoms with Gasteiger partial charge in [-0.2, -0.15) is 5.26 Å². The van der Waals surface area contributed by atoms with Crippen LogP contribution in [-0.4, -0.2) is 45.9 Å². The third-order valence-corrected chi connectivity index (χ3v) is 9.81. The molecule has 6 nitrogen and oxygen atoms in total. The summed E-state index contributed by atoms with van der Waals surface area (Å²) < 4.78 is 36.9. The summed E-state index contributed by atoms with van der Waals surface area (Å²) >= 11 is 0. The highest BCUT2D eigenvalue weighted by molar-refractivity contribution is 5.83. The van der Waals surface area contributed by atoms with E-state index in [9.17, 15) is 9.65 Å². The minimum Gasteiger partial charge on any atom is -0.493 e. The molecule has 1 aliphatic carbocycles. The summed E-state index contributed by atoms with van der Waals surface area (Å²) in [6.07, 6.45) is 10.4. The van der Waals surface area contributed by atoms with Crippen LogP contribution in [0.15, 0.2) is 34.7 Å². The smallest absolute Gasteiger partial charge is 0.203 e. The minimum atomic E-state index is -0.605. The van der Waals surface area contributed by atoms with Gasteiger partial charge in [-0.25, -0.2) is 4.39 Å². The lowest BCUT2D eigenvalue weighted by molar-refractivity contribution is 0.188. The fourth-order valence-electron chi connectivity index (χ4n) is 7.61. The van der Waals surface area contributed by atoms with E-state index in [0.29, 0.717) is 34.7 Å². The van der Waals surface area contributed by atoms with Gasteiger partial charge in [0.2, 0.25) is 5.75 Å². The molecular weight excluding hydrogens is 531 g/mol. The summed E-state index contributed by atoms with van der Waals surface area (Å²) in [5, 5.41) is 11.9. The molecule has 1 aliphatic heterocycles. The number of rotatable bonds is 11. The predicted octanol–water partition coefficient (Wildman–Crippen LogP) is 8.16. The Kier molecular flexibility index (Phi) is 9.63. The van der Waals surface area contributed by atoms with Gasteiger partial charge >= 0.3 is 0 Å². The molecule has 0 amide bonds. The van der Waals surface area contributed by atoms with Crippen LogP contribution >= 0.6 is 0 Å². The number of benzene rings is 2. The number of halogens is 1. The van der Waals surface area contributed by atoms with Crippen molar-refractivity contribution < 1.29 is 23.0 Å². The zero-order valence-corrected chi connectivity index (χ0v) is 25.6. The molecule has 7 heteroatoms. The standard InChI is InChI=1S/C35H45FN2O4/c1-5-29-33(28-13-12-27(36)22-30(28)42-29)24-14-18-38(19-15-24)17-9-16-35(23-37,25-10-7-6-8-11-25)26-20-31(39-2)34(41-4)32(21-26)40-3/h12-13,20-22,24-25H,5-11,14-19H2,1-4H3. The van der Waals surface area contributed by atoms with Crippen molar-refractivity contribution in [2.24, 2.45) is 5.92 Å². The van der Waals surface area contributed by atoms with Crippen LogP contribution in [0.2, 0.25) is 0 Å². The van der Waals surface area contributed by atoms with E-state index in [0.717, 1.165) is 81.3 Å². The lowest BCUT2D eigenvalue weighted by Gasteiger charge is -2.39. The summed E-state index contributed by atoms with van der Waals surface area (Å²) in [6, 6.07) is 11.8. The van der Waals surface area contributed by atoms with Crippen molar-refractivity contribution >= 4 is 11.0 Å². The van der Waals surface area contributed by atoms with Gasteiger partial charge < -0.3 is 23.5 Å². The van der Waals surface area contributed by atoms with Crippen molar-refractivity contribution in [3.05, 3.63) is 53.0 Å². The van der Waals surface area contributed by atoms with Crippen molar-refractivity contribution in [1.29, 1.82) is 5.26 Å². The van der Waals surface area contributed by atoms with Crippen LogP contribution in [0.3, 0.4) is 0 Å². The normalized spacial score (nSPS) is 18.5. The monoisotopic (exact) mass is 576 g/mol. The van der Waals surface area contributed by atoms with Gasteiger partial charge in [-0.05, 0) is 99.8 Å². The molecule has 1 saturated carbocycles. The van der Waals surface area contributed by atoms with E-state index in [1.165, 1.54) is 37.0 Å². The van der Waals surface area contributed by atoms with Crippen LogP contribution in [0.5, 0.6) is 17.2 Å². The van der Waals surface area contributed by atoms with Crippen LogP contribution in [0.4, 0.5) is 4.39 Å². The molecule has 0 radical (unpaired) electrons. The summed E-state index contributed by atoms with van der Waals surface area (Å²) in [7, 11) is 4.88. The van der Waals surface area contributed by atoms with E-state index in [2.05, 4.69) is 17.9 Å². The fourth-order valence-corrected chi connectivity index (χ4v) is 7.61. The maximum Gasteiger partial charge on any atom is 0.203 e. The highest BCUT2D eigenvalue weighted by Gasteiger charge is 2.42. The predicted molar refractivity (Wildman–Crippen MR) is 163 cm³/mol. The molecule has 2 fully saturated rings. The molecule has 0 bridgehead atoms. The van der Waals surface area contributed by atoms with E-state index in [1.54, 1.807) is 21.3 Å². The third kappa shape index (κ3) is 5.83. The maximum absolute atomic E-state index is 13.8. The first kappa shape index (κ1) is 30.2. The van der Waals surface area contributed by atoms with Crippen LogP contribution in [-0.2, 0) is 11.8 Å². The number of methoxy groups -OCH3 is 3. The Morgan fingerprint density at radius 2 is 1.67 bits per heavy atom. The van der Waals surface area contributed by atoms with Crippen LogP contribution in [0.1, 0.15) is 87.5 Å². The van der Waals surface area contributed by atoms with Crippen molar-refractivity contribution in [2.75, 3.05) is 41.0 Å². The van der Waals surface area contributed by atoms with Gasteiger partial charge in [0.1, 0.15) is 17.2 Å². The SMILES string of the molecule is CCc1oc2cc(F)ccc2c1C1CCN(CCCC(C#N)(c2cc(OC)c(OC)c(OC)c2)C2CCCCC2)CC1. The number of nitriles is 1. The summed E-state index contributed by atoms with van der Waals surface area (Å²) in [6.45, 7) is 5.09. The van der Waals surface area contributed by atoms with Crippen molar-refractivity contribution in [2.45, 2.75) is 82.5 Å². The van der Waals surface area contributed by atoms with Gasteiger partial charge in [0.25, 0.3) is 0 Å². The van der Waals surface area contributed by atoms with Crippen LogP contribution in [0.25, 0.3) is 11.0 Å². The minimum absolute atomic E-state index is 0.256. The molecule has 2 aromatic carbocycles. The lowest BCUT2D eigenvalue weighted by Crippen LogP contribution is -2.38. The second-order valence-electron chi connectivity index (χ2n) is 12.0. The van der Waals surface area contributed by atoms with E-state index < -0.39 is 5.41 Å². The fraction of sp³-hybridized carbons (Fsp3) is 0.571. The molecule has 3 aromatic rings. The maximum atomic E-state index is 13.8. The molecule has 226 valence electrons. The largest absolute Gasteiger partial charge is 0.493 e. The quantitative estimate of drug-likeness (QED) is 0.229. The van der Waals surface area contributed by atoms with E-state index in [1.807, 2.05) is 18.2 Å². The number of hydrogen-bond acceptors (Lipinski definition) is 6. The Bertz CT molecular complexity index is 1370. The zero-order chi connectivity index (χ0) is 29.7. The molecule has 1 atom stereocenters. The highest BCUT2D eigenvalue weighted by Crippen LogP contribution is 2.49. The second kappa shape index (κ2) is 13.4. The highest BCUT2D eigenvalue weighted by atomic mass is 19.1. The Hall–Kier alpha value is -3.24. The molecule has 0 N–H and O–H groups in total. The molecule has 1 aromatic heterocycles. The topological polar surface area (TPSA) is 67.9 Å². The first-order chi connectivity index (χ1) is 20.5. The first-order valence-electron chi connectivity index (χ1n) is 15.6. The summed E-state index contributed by atoms with van der Waals surface area (Å²) in [5.74, 6) is 3.22. The van der Waals surface area contributed by atoms with Crippen molar-refractivity contribution in [3.63, 3.8) is 0 Å². The Morgan fingerprint density at radius 3 is 2.26 bits per heavy atom. The number of aryl methyl sites for hydroxylation is 1. The van der Waals surface area contributed by atoms with E-state index in [-0.39, 0.29) is 5.82 Å². The van der Waals surface area contributed by atoms with E-state index in [4.69, 9.17) is 18.6 Å². The molecule has 2 aliphatic rings. The summed E-state index contributed by atoms with van der Waals surface area (Å²) in [4.78, 5) is 2.54. The molecule has 42 heavy (non-hydrogen) atoms. The third-order valence-electron chi connectivity index (χ3n) is 9.81. The lowest BCUT2D eigenvalue weighted by atomic mass is 9.63. The molecule has 1 unspecified atom stereocenters. The number of piperidine rings is 1. The summed E-state index contributed by atoms with van der Waals surface area (Å²) in [5.41, 5.74) is 2.30. The average molecular weight is 577 g/mol. The molecule has 2 heterocycles. The second-order valence-corrected chi connectivity index (χ2v) is 12.0. The Labute approximate surface area is 249 Å². The van der Waals surface area contributed by atoms with Crippen LogP contribution in [0, 0.1) is 23.1 Å². The van der Waals surface area contributed by atoms with Gasteiger partial charge in [-0.3, -0.25) is 0 Å². The van der Waals surface area contributed by atoms with Gasteiger partial charge in [0, 0.05) is 23.4 Å². The first-order valence-corrected chi connectivity index (χ1v) is 15.6. The van der Waals surface area contributed by atoms with Gasteiger partial charge in [-0.15, -0.1) is 0 Å². The number of ether oxygens (including phenoxy) is 3. The van der Waals surface area contributed by atoms with E-state index >= 15 is 0 Å². The van der Waals surface area contributed by atoms with Gasteiger partial charge in [-0.1, -0.05) is 26.2 Å². The van der Waals surface area contributed by atoms with Gasteiger partial charge in [0.15, 0.2) is 11.5 Å². The number of nitrogens with zero attached hydrogens (tertiary/aromatic N) is 2. The number of fused-ring (bicyclic) bond motifs is 1. The molecule has 1 saturated heterocycles. The Balaban J connectivity index is 1.31.